The highest BCUT2D eigenvalue weighted by Gasteiger charge is 2.17. The highest BCUT2D eigenvalue weighted by molar-refractivity contribution is 5.87. The van der Waals surface area contributed by atoms with Gasteiger partial charge in [0.05, 0.1) is 5.69 Å². The molecule has 0 aliphatic heterocycles. The normalized spacial score (nSPS) is 10.8. The molecule has 0 saturated heterocycles. The van der Waals surface area contributed by atoms with E-state index in [2.05, 4.69) is 15.2 Å². The van der Waals surface area contributed by atoms with Crippen LogP contribution in [0.4, 0.5) is 8.78 Å². The number of benzene rings is 1. The van der Waals surface area contributed by atoms with E-state index in [1.165, 1.54) is 35.3 Å². The first kappa shape index (κ1) is 13.0. The maximum absolute atomic E-state index is 13.8. The smallest absolute Gasteiger partial charge is 0.352 e. The molecule has 106 valence electrons. The molecule has 0 aliphatic rings. The van der Waals surface area contributed by atoms with Crippen LogP contribution in [0.15, 0.2) is 36.8 Å². The van der Waals surface area contributed by atoms with Gasteiger partial charge in [-0.05, 0) is 18.2 Å². The van der Waals surface area contributed by atoms with Crippen molar-refractivity contribution in [1.29, 1.82) is 0 Å². The van der Waals surface area contributed by atoms with Crippen LogP contribution in [0.5, 0.6) is 0 Å². The molecule has 1 aromatic carbocycles. The van der Waals surface area contributed by atoms with E-state index in [1.807, 2.05) is 0 Å². The largest absolute Gasteiger partial charge is 0.477 e. The highest BCUT2D eigenvalue weighted by Crippen LogP contribution is 2.24. The molecule has 8 heteroatoms. The summed E-state index contributed by atoms with van der Waals surface area (Å²) < 4.78 is 28.4. The SMILES string of the molecule is O=C(O)c1cc(-c2nncn2-c2cccc(F)c2F)c[nH]1. The molecule has 0 radical (unpaired) electrons. The van der Waals surface area contributed by atoms with Gasteiger partial charge in [-0.2, -0.15) is 0 Å². The van der Waals surface area contributed by atoms with Crippen molar-refractivity contribution < 1.29 is 18.7 Å². The number of hydrogen-bond acceptors (Lipinski definition) is 3. The molecule has 2 aromatic heterocycles. The zero-order valence-corrected chi connectivity index (χ0v) is 10.4. The van der Waals surface area contributed by atoms with Gasteiger partial charge >= 0.3 is 5.97 Å². The third-order valence-corrected chi connectivity index (χ3v) is 2.91. The molecule has 0 saturated carbocycles. The van der Waals surface area contributed by atoms with Crippen molar-refractivity contribution in [3.63, 3.8) is 0 Å². The fourth-order valence-corrected chi connectivity index (χ4v) is 1.93. The Morgan fingerprint density at radius 1 is 1.33 bits per heavy atom. The number of nitrogens with one attached hydrogen (secondary N) is 1. The Kier molecular flexibility index (Phi) is 2.98. The van der Waals surface area contributed by atoms with Crippen molar-refractivity contribution in [2.24, 2.45) is 0 Å². The van der Waals surface area contributed by atoms with Gasteiger partial charge in [-0.15, -0.1) is 10.2 Å². The van der Waals surface area contributed by atoms with Crippen LogP contribution in [0.2, 0.25) is 0 Å². The van der Waals surface area contributed by atoms with E-state index in [4.69, 9.17) is 5.11 Å². The van der Waals surface area contributed by atoms with E-state index in [0.717, 1.165) is 6.07 Å². The first-order valence-electron chi connectivity index (χ1n) is 5.84. The van der Waals surface area contributed by atoms with Gasteiger partial charge in [-0.25, -0.2) is 13.6 Å². The average molecular weight is 290 g/mol. The van der Waals surface area contributed by atoms with Gasteiger partial charge < -0.3 is 10.1 Å². The second-order valence-corrected chi connectivity index (χ2v) is 4.20. The van der Waals surface area contributed by atoms with Crippen molar-refractivity contribution >= 4 is 5.97 Å². The fraction of sp³-hybridized carbons (Fsp3) is 0. The van der Waals surface area contributed by atoms with E-state index in [-0.39, 0.29) is 17.2 Å². The van der Waals surface area contributed by atoms with Gasteiger partial charge in [-0.1, -0.05) is 6.07 Å². The number of rotatable bonds is 3. The van der Waals surface area contributed by atoms with Gasteiger partial charge in [-0.3, -0.25) is 4.57 Å². The lowest BCUT2D eigenvalue weighted by molar-refractivity contribution is 0.0691. The number of aromatic amines is 1. The van der Waals surface area contributed by atoms with Gasteiger partial charge in [0.25, 0.3) is 0 Å². The molecule has 0 unspecified atom stereocenters. The molecule has 21 heavy (non-hydrogen) atoms. The number of hydrogen-bond donors (Lipinski definition) is 2. The van der Waals surface area contributed by atoms with Crippen molar-refractivity contribution in [2.75, 3.05) is 0 Å². The minimum atomic E-state index is -1.13. The average Bonchev–Trinajstić information content (AvgIpc) is 3.09. The number of halogens is 2. The van der Waals surface area contributed by atoms with E-state index in [0.29, 0.717) is 5.56 Å². The van der Waals surface area contributed by atoms with Crippen molar-refractivity contribution in [3.05, 3.63) is 54.1 Å². The Morgan fingerprint density at radius 2 is 2.14 bits per heavy atom. The third kappa shape index (κ3) is 2.16. The summed E-state index contributed by atoms with van der Waals surface area (Å²) in [5.74, 6) is -2.97. The molecule has 3 rings (SSSR count). The lowest BCUT2D eigenvalue weighted by atomic mass is 10.2. The van der Waals surface area contributed by atoms with Crippen LogP contribution in [-0.2, 0) is 0 Å². The summed E-state index contributed by atoms with van der Waals surface area (Å²) >= 11 is 0. The molecular weight excluding hydrogens is 282 g/mol. The van der Waals surface area contributed by atoms with Crippen molar-refractivity contribution in [2.45, 2.75) is 0 Å². The minimum Gasteiger partial charge on any atom is -0.477 e. The van der Waals surface area contributed by atoms with Gasteiger partial charge in [0.2, 0.25) is 0 Å². The molecule has 0 bridgehead atoms. The second kappa shape index (κ2) is 4.82. The summed E-state index contributed by atoms with van der Waals surface area (Å²) in [4.78, 5) is 13.4. The number of H-pyrrole nitrogens is 1. The zero-order chi connectivity index (χ0) is 15.0. The third-order valence-electron chi connectivity index (χ3n) is 2.91. The lowest BCUT2D eigenvalue weighted by Crippen LogP contribution is -2.01. The summed E-state index contributed by atoms with van der Waals surface area (Å²) in [6, 6.07) is 5.06. The monoisotopic (exact) mass is 290 g/mol. The standard InChI is InChI=1S/C13H8F2N4O2/c14-8-2-1-3-10(11(8)15)19-6-17-18-12(19)7-4-9(13(20)21)16-5-7/h1-6,16H,(H,20,21). The minimum absolute atomic E-state index is 0.0423. The maximum Gasteiger partial charge on any atom is 0.352 e. The Hall–Kier alpha value is -3.03. The molecule has 0 amide bonds. The highest BCUT2D eigenvalue weighted by atomic mass is 19.2. The van der Waals surface area contributed by atoms with Crippen LogP contribution in [0, 0.1) is 11.6 Å². The maximum atomic E-state index is 13.8. The lowest BCUT2D eigenvalue weighted by Gasteiger charge is -2.06. The first-order chi connectivity index (χ1) is 10.1. The number of carbonyl (C=O) groups is 1. The van der Waals surface area contributed by atoms with Crippen LogP contribution in [-0.4, -0.2) is 30.8 Å². The Bertz CT molecular complexity index is 825. The van der Waals surface area contributed by atoms with Crippen LogP contribution < -0.4 is 0 Å². The number of carboxylic acid groups (broad SMARTS) is 1. The fourth-order valence-electron chi connectivity index (χ4n) is 1.93. The molecule has 0 atom stereocenters. The van der Waals surface area contributed by atoms with Gasteiger partial charge in [0.15, 0.2) is 17.5 Å². The van der Waals surface area contributed by atoms with E-state index >= 15 is 0 Å². The van der Waals surface area contributed by atoms with Gasteiger partial charge in [0, 0.05) is 11.8 Å². The molecular formula is C13H8F2N4O2. The number of aromatic carboxylic acids is 1. The summed E-state index contributed by atoms with van der Waals surface area (Å²) in [6.45, 7) is 0. The number of carboxylic acids is 1. The molecule has 2 heterocycles. The summed E-state index contributed by atoms with van der Waals surface area (Å²) in [5.41, 5.74) is 0.293. The first-order valence-corrected chi connectivity index (χ1v) is 5.84. The van der Waals surface area contributed by atoms with E-state index in [9.17, 15) is 13.6 Å². The van der Waals surface area contributed by atoms with Crippen LogP contribution in [0.25, 0.3) is 17.1 Å². The zero-order valence-electron chi connectivity index (χ0n) is 10.4. The summed E-state index contributed by atoms with van der Waals surface area (Å²) in [6.07, 6.45) is 2.63. The molecule has 0 fully saturated rings. The molecule has 0 spiro atoms. The number of nitrogens with zero attached hydrogens (tertiary/aromatic N) is 3. The quantitative estimate of drug-likeness (QED) is 0.774. The second-order valence-electron chi connectivity index (χ2n) is 4.20. The predicted molar refractivity (Wildman–Crippen MR) is 68.0 cm³/mol. The van der Waals surface area contributed by atoms with Crippen LogP contribution in [0.3, 0.4) is 0 Å². The number of aromatic nitrogens is 4. The van der Waals surface area contributed by atoms with E-state index < -0.39 is 17.6 Å². The Balaban J connectivity index is 2.12. The van der Waals surface area contributed by atoms with Crippen LogP contribution in [0.1, 0.15) is 10.5 Å². The molecule has 6 nitrogen and oxygen atoms in total. The molecule has 2 N–H and O–H groups in total. The Labute approximate surface area is 116 Å². The van der Waals surface area contributed by atoms with Crippen molar-refractivity contribution in [1.82, 2.24) is 19.7 Å². The summed E-state index contributed by atoms with van der Waals surface area (Å²) in [7, 11) is 0. The predicted octanol–water partition coefficient (Wildman–Crippen LogP) is 2.24. The van der Waals surface area contributed by atoms with Crippen molar-refractivity contribution in [3.8, 4) is 17.1 Å². The summed E-state index contributed by atoms with van der Waals surface area (Å²) in [5, 5.41) is 16.4. The molecule has 0 aliphatic carbocycles. The van der Waals surface area contributed by atoms with Crippen LogP contribution >= 0.6 is 0 Å². The van der Waals surface area contributed by atoms with Gasteiger partial charge in [0.1, 0.15) is 12.0 Å². The molecule has 3 aromatic rings. The van der Waals surface area contributed by atoms with E-state index in [1.54, 1.807) is 0 Å². The topological polar surface area (TPSA) is 83.8 Å². The Morgan fingerprint density at radius 3 is 2.86 bits per heavy atom.